The van der Waals surface area contributed by atoms with E-state index in [4.69, 9.17) is 0 Å². The highest BCUT2D eigenvalue weighted by Gasteiger charge is 2.20. The Morgan fingerprint density at radius 3 is 2.00 bits per heavy atom. The zero-order valence-corrected chi connectivity index (χ0v) is 12.9. The summed E-state index contributed by atoms with van der Waals surface area (Å²) < 4.78 is 2.32. The molecule has 1 heterocycles. The predicted molar refractivity (Wildman–Crippen MR) is 92.8 cm³/mol. The average molecular weight is 284 g/mol. The number of rotatable bonds is 1. The first-order valence-electron chi connectivity index (χ1n) is 7.63. The van der Waals surface area contributed by atoms with Crippen molar-refractivity contribution in [1.82, 2.24) is 0 Å². The molecule has 1 aromatic heterocycles. The predicted octanol–water partition coefficient (Wildman–Crippen LogP) is 4.79. The van der Waals surface area contributed by atoms with Crippen LogP contribution in [0.2, 0.25) is 0 Å². The van der Waals surface area contributed by atoms with Crippen LogP contribution in [-0.4, -0.2) is 0 Å². The second kappa shape index (κ2) is 4.96. The van der Waals surface area contributed by atoms with E-state index in [1.807, 2.05) is 0 Å². The van der Waals surface area contributed by atoms with Crippen molar-refractivity contribution in [2.45, 2.75) is 6.92 Å². The number of aromatic nitrogens is 1. The van der Waals surface area contributed by atoms with Gasteiger partial charge < -0.3 is 0 Å². The molecule has 0 bridgehead atoms. The first-order chi connectivity index (χ1) is 10.8. The molecule has 0 radical (unpaired) electrons. The van der Waals surface area contributed by atoms with Gasteiger partial charge in [0.2, 0.25) is 11.2 Å². The quantitative estimate of drug-likeness (QED) is 0.349. The van der Waals surface area contributed by atoms with Crippen LogP contribution in [0.25, 0.3) is 32.9 Å². The Morgan fingerprint density at radius 1 is 0.636 bits per heavy atom. The van der Waals surface area contributed by atoms with Gasteiger partial charge in [-0.15, -0.1) is 0 Å². The molecule has 0 aliphatic rings. The van der Waals surface area contributed by atoms with Gasteiger partial charge >= 0.3 is 0 Å². The van der Waals surface area contributed by atoms with Gasteiger partial charge in [-0.25, -0.2) is 0 Å². The van der Waals surface area contributed by atoms with Crippen LogP contribution in [-0.2, 0) is 7.05 Å². The molecule has 1 nitrogen and oxygen atoms in total. The Hall–Kier alpha value is -2.67. The molecule has 1 heteroatoms. The van der Waals surface area contributed by atoms with E-state index >= 15 is 0 Å². The van der Waals surface area contributed by atoms with Crippen molar-refractivity contribution in [1.29, 1.82) is 0 Å². The summed E-state index contributed by atoms with van der Waals surface area (Å²) in [5.41, 5.74) is 5.15. The zero-order valence-electron chi connectivity index (χ0n) is 12.9. The fourth-order valence-corrected chi connectivity index (χ4v) is 3.38. The summed E-state index contributed by atoms with van der Waals surface area (Å²) in [5, 5.41) is 3.92. The molecular weight excluding hydrogens is 266 g/mol. The van der Waals surface area contributed by atoms with Crippen molar-refractivity contribution < 1.29 is 4.57 Å². The minimum atomic E-state index is 1.26. The second-order valence-corrected chi connectivity index (χ2v) is 5.79. The number of hydrogen-bond acceptors (Lipinski definition) is 0. The maximum absolute atomic E-state index is 2.32. The third kappa shape index (κ3) is 1.82. The van der Waals surface area contributed by atoms with Gasteiger partial charge in [0.25, 0.3) is 0 Å². The fourth-order valence-electron chi connectivity index (χ4n) is 3.38. The Bertz CT molecular complexity index is 999. The van der Waals surface area contributed by atoms with E-state index in [0.29, 0.717) is 0 Å². The summed E-state index contributed by atoms with van der Waals surface area (Å²) in [6, 6.07) is 25.9. The highest BCUT2D eigenvalue weighted by Crippen LogP contribution is 2.31. The number of fused-ring (bicyclic) bond motifs is 3. The van der Waals surface area contributed by atoms with Crippen molar-refractivity contribution in [3.63, 3.8) is 0 Å². The SMILES string of the molecule is Cc1ccccc1-c1c2ccccc2c2ccccc2[n+]1C. The highest BCUT2D eigenvalue weighted by atomic mass is 14.9. The van der Waals surface area contributed by atoms with Crippen molar-refractivity contribution in [3.05, 3.63) is 78.4 Å². The summed E-state index contributed by atoms with van der Waals surface area (Å²) in [5.74, 6) is 0. The van der Waals surface area contributed by atoms with Crippen molar-refractivity contribution in [2.75, 3.05) is 0 Å². The lowest BCUT2D eigenvalue weighted by Crippen LogP contribution is -2.32. The van der Waals surface area contributed by atoms with Crippen LogP contribution in [0.3, 0.4) is 0 Å². The number of hydrogen-bond donors (Lipinski definition) is 0. The molecule has 0 aliphatic carbocycles. The molecule has 4 aromatic rings. The summed E-state index contributed by atoms with van der Waals surface area (Å²) >= 11 is 0. The summed E-state index contributed by atoms with van der Waals surface area (Å²) in [7, 11) is 2.16. The highest BCUT2D eigenvalue weighted by molar-refractivity contribution is 6.08. The van der Waals surface area contributed by atoms with Crippen LogP contribution in [0.15, 0.2) is 72.8 Å². The monoisotopic (exact) mass is 284 g/mol. The first-order valence-corrected chi connectivity index (χ1v) is 7.63. The zero-order chi connectivity index (χ0) is 15.1. The second-order valence-electron chi connectivity index (χ2n) is 5.79. The topological polar surface area (TPSA) is 3.88 Å². The largest absolute Gasteiger partial charge is 0.220 e. The van der Waals surface area contributed by atoms with Crippen molar-refractivity contribution in [3.8, 4) is 11.3 Å². The van der Waals surface area contributed by atoms with Gasteiger partial charge in [-0.3, -0.25) is 0 Å². The van der Waals surface area contributed by atoms with E-state index in [2.05, 4.69) is 91.3 Å². The minimum Gasteiger partial charge on any atom is -0.194 e. The van der Waals surface area contributed by atoms with Crippen LogP contribution >= 0.6 is 0 Å². The number of nitrogens with zero attached hydrogens (tertiary/aromatic N) is 1. The molecule has 0 saturated carbocycles. The lowest BCUT2D eigenvalue weighted by Gasteiger charge is -2.10. The van der Waals surface area contributed by atoms with Crippen LogP contribution in [0, 0.1) is 6.92 Å². The maximum Gasteiger partial charge on any atom is 0.220 e. The first kappa shape index (κ1) is 13.0. The molecule has 0 N–H and O–H groups in total. The smallest absolute Gasteiger partial charge is 0.194 e. The standard InChI is InChI=1S/C21H18N/c1-15-9-3-4-10-16(15)21-19-13-6-5-11-17(19)18-12-7-8-14-20(18)22(21)2/h3-14H,1-2H3/q+1. The average Bonchev–Trinajstić information content (AvgIpc) is 2.57. The summed E-state index contributed by atoms with van der Waals surface area (Å²) in [6.07, 6.45) is 0. The van der Waals surface area contributed by atoms with E-state index in [0.717, 1.165) is 0 Å². The van der Waals surface area contributed by atoms with Crippen LogP contribution in [0.5, 0.6) is 0 Å². The Balaban J connectivity index is 2.26. The molecule has 4 rings (SSSR count). The molecule has 106 valence electrons. The minimum absolute atomic E-state index is 1.26. The van der Waals surface area contributed by atoms with Crippen LogP contribution in [0.4, 0.5) is 0 Å². The van der Waals surface area contributed by atoms with Crippen LogP contribution < -0.4 is 4.57 Å². The molecule has 22 heavy (non-hydrogen) atoms. The molecular formula is C21H18N+. The lowest BCUT2D eigenvalue weighted by molar-refractivity contribution is -0.632. The van der Waals surface area contributed by atoms with Gasteiger partial charge in [0.1, 0.15) is 7.05 Å². The third-order valence-electron chi connectivity index (χ3n) is 4.47. The normalized spacial score (nSPS) is 11.2. The number of pyridine rings is 1. The van der Waals surface area contributed by atoms with Crippen molar-refractivity contribution in [2.24, 2.45) is 7.05 Å². The summed E-state index contributed by atoms with van der Waals surface area (Å²) in [6.45, 7) is 2.18. The van der Waals surface area contributed by atoms with Gasteiger partial charge in [0.15, 0.2) is 0 Å². The number of para-hydroxylation sites is 1. The molecule has 0 aliphatic heterocycles. The Morgan fingerprint density at radius 2 is 1.23 bits per heavy atom. The number of aryl methyl sites for hydroxylation is 2. The fraction of sp³-hybridized carbons (Fsp3) is 0.0952. The number of benzene rings is 3. The molecule has 0 fully saturated rings. The summed E-state index contributed by atoms with van der Waals surface area (Å²) in [4.78, 5) is 0. The third-order valence-corrected chi connectivity index (χ3v) is 4.47. The molecule has 3 aromatic carbocycles. The van der Waals surface area contributed by atoms with Gasteiger partial charge in [-0.2, -0.15) is 4.57 Å². The maximum atomic E-state index is 2.32. The van der Waals surface area contributed by atoms with Gasteiger partial charge in [0.05, 0.1) is 10.8 Å². The van der Waals surface area contributed by atoms with Crippen LogP contribution in [0.1, 0.15) is 5.56 Å². The van der Waals surface area contributed by atoms with Gasteiger partial charge in [-0.05, 0) is 30.7 Å². The molecule has 0 spiro atoms. The molecule has 0 amide bonds. The molecule has 0 unspecified atom stereocenters. The Kier molecular flexibility index (Phi) is 2.93. The van der Waals surface area contributed by atoms with E-state index in [1.54, 1.807) is 0 Å². The van der Waals surface area contributed by atoms with E-state index in [1.165, 1.54) is 38.5 Å². The molecule has 0 atom stereocenters. The Labute approximate surface area is 130 Å². The van der Waals surface area contributed by atoms with Gasteiger partial charge in [0, 0.05) is 17.0 Å². The molecule has 0 saturated heterocycles. The van der Waals surface area contributed by atoms with E-state index < -0.39 is 0 Å². The van der Waals surface area contributed by atoms with E-state index in [9.17, 15) is 0 Å². The van der Waals surface area contributed by atoms with Crippen molar-refractivity contribution >= 4 is 21.7 Å². The van der Waals surface area contributed by atoms with Gasteiger partial charge in [-0.1, -0.05) is 48.5 Å². The lowest BCUT2D eigenvalue weighted by atomic mass is 9.97. The van der Waals surface area contributed by atoms with E-state index in [-0.39, 0.29) is 0 Å².